The minimum Gasteiger partial charge on any atom is -0.354 e. The van der Waals surface area contributed by atoms with E-state index in [9.17, 15) is 0 Å². The number of hydrogen-bond donors (Lipinski definition) is 1. The van der Waals surface area contributed by atoms with Gasteiger partial charge in [-0.25, -0.2) is 4.98 Å². The predicted molar refractivity (Wildman–Crippen MR) is 132 cm³/mol. The summed E-state index contributed by atoms with van der Waals surface area (Å²) in [5.74, 6) is 1.12. The molecule has 3 aliphatic rings. The van der Waals surface area contributed by atoms with Crippen LogP contribution in [-0.2, 0) is 0 Å². The van der Waals surface area contributed by atoms with Gasteiger partial charge in [-0.3, -0.25) is 9.80 Å². The molecule has 2 atom stereocenters. The van der Waals surface area contributed by atoms with Crippen molar-refractivity contribution in [1.82, 2.24) is 20.1 Å². The van der Waals surface area contributed by atoms with Crippen LogP contribution in [-0.4, -0.2) is 72.7 Å². The number of aromatic nitrogens is 1. The lowest BCUT2D eigenvalue weighted by molar-refractivity contribution is 0.0477. The van der Waals surface area contributed by atoms with Gasteiger partial charge < -0.3 is 10.2 Å². The van der Waals surface area contributed by atoms with Crippen LogP contribution < -0.4 is 10.2 Å². The summed E-state index contributed by atoms with van der Waals surface area (Å²) in [7, 11) is 0. The number of nitrogens with zero attached hydrogens (tertiary/aromatic N) is 4. The Kier molecular flexibility index (Phi) is 7.37. The van der Waals surface area contributed by atoms with Crippen molar-refractivity contribution in [2.45, 2.75) is 56.7 Å². The molecule has 172 valence electrons. The van der Waals surface area contributed by atoms with Crippen LogP contribution in [0.3, 0.4) is 0 Å². The summed E-state index contributed by atoms with van der Waals surface area (Å²) in [6, 6.07) is 19.5. The summed E-state index contributed by atoms with van der Waals surface area (Å²) in [5, 5.41) is 3.56. The molecular formula is C27H39N5. The third-order valence-corrected chi connectivity index (χ3v) is 7.86. The van der Waals surface area contributed by atoms with E-state index < -0.39 is 0 Å². The van der Waals surface area contributed by atoms with Gasteiger partial charge in [-0.15, -0.1) is 0 Å². The van der Waals surface area contributed by atoms with Crippen LogP contribution in [0.1, 0.15) is 50.1 Å². The zero-order valence-corrected chi connectivity index (χ0v) is 19.4. The molecule has 2 unspecified atom stereocenters. The van der Waals surface area contributed by atoms with Crippen LogP contribution in [0.25, 0.3) is 0 Å². The van der Waals surface area contributed by atoms with E-state index in [2.05, 4.69) is 67.5 Å². The van der Waals surface area contributed by atoms with Gasteiger partial charge >= 0.3 is 0 Å². The molecule has 5 rings (SSSR count). The standard InChI is InChI=1S/C27H39N5/c1-2-8-23(9-3-1)26(30-18-20-31(21-19-30)27-11-4-6-14-29-27)22-25-10-5-7-17-32(25)24-12-15-28-16-13-24/h1-4,6,8-9,11,14,24-26,28H,5,7,10,12-13,15-22H2. The van der Waals surface area contributed by atoms with E-state index in [1.807, 2.05) is 12.3 Å². The lowest BCUT2D eigenvalue weighted by atomic mass is 9.88. The Bertz CT molecular complexity index is 799. The summed E-state index contributed by atoms with van der Waals surface area (Å²) < 4.78 is 0. The van der Waals surface area contributed by atoms with Gasteiger partial charge in [0.2, 0.25) is 0 Å². The number of pyridine rings is 1. The molecule has 0 spiro atoms. The molecule has 1 aromatic heterocycles. The number of hydrogen-bond acceptors (Lipinski definition) is 5. The highest BCUT2D eigenvalue weighted by Crippen LogP contribution is 2.34. The van der Waals surface area contributed by atoms with Crippen molar-refractivity contribution >= 4 is 5.82 Å². The highest BCUT2D eigenvalue weighted by atomic mass is 15.3. The second-order valence-corrected chi connectivity index (χ2v) is 9.74. The number of rotatable bonds is 6. The summed E-state index contributed by atoms with van der Waals surface area (Å²) in [5.41, 5.74) is 1.50. The van der Waals surface area contributed by atoms with E-state index >= 15 is 0 Å². The second kappa shape index (κ2) is 10.8. The maximum Gasteiger partial charge on any atom is 0.128 e. The minimum absolute atomic E-state index is 0.509. The molecule has 0 bridgehead atoms. The summed E-state index contributed by atoms with van der Waals surface area (Å²) in [6.07, 6.45) is 9.93. The smallest absolute Gasteiger partial charge is 0.128 e. The fraction of sp³-hybridized carbons (Fsp3) is 0.593. The lowest BCUT2D eigenvalue weighted by Crippen LogP contribution is -2.52. The van der Waals surface area contributed by atoms with Gasteiger partial charge in [0.1, 0.15) is 5.82 Å². The Labute approximate surface area is 193 Å². The third kappa shape index (κ3) is 5.16. The molecule has 1 aromatic carbocycles. The Morgan fingerprint density at radius 3 is 2.38 bits per heavy atom. The summed E-state index contributed by atoms with van der Waals surface area (Å²) in [4.78, 5) is 12.7. The van der Waals surface area contributed by atoms with Gasteiger partial charge in [0, 0.05) is 50.5 Å². The molecule has 3 fully saturated rings. The normalized spacial score (nSPS) is 25.0. The highest BCUT2D eigenvalue weighted by molar-refractivity contribution is 5.38. The Hall–Kier alpha value is -1.95. The highest BCUT2D eigenvalue weighted by Gasteiger charge is 2.34. The van der Waals surface area contributed by atoms with E-state index in [0.29, 0.717) is 12.1 Å². The van der Waals surface area contributed by atoms with Crippen LogP contribution in [0.15, 0.2) is 54.7 Å². The van der Waals surface area contributed by atoms with Crippen LogP contribution in [0.5, 0.6) is 0 Å². The van der Waals surface area contributed by atoms with Gasteiger partial charge in [0.25, 0.3) is 0 Å². The number of piperidine rings is 2. The topological polar surface area (TPSA) is 34.6 Å². The SMILES string of the molecule is c1ccc(C(CC2CCCCN2C2CCNCC2)N2CCN(c3ccccn3)CC2)cc1. The van der Waals surface area contributed by atoms with Crippen molar-refractivity contribution in [1.29, 1.82) is 0 Å². The molecule has 0 saturated carbocycles. The maximum absolute atomic E-state index is 4.58. The van der Waals surface area contributed by atoms with Crippen molar-refractivity contribution < 1.29 is 0 Å². The van der Waals surface area contributed by atoms with Gasteiger partial charge in [0.05, 0.1) is 0 Å². The maximum atomic E-state index is 4.58. The molecule has 5 heteroatoms. The van der Waals surface area contributed by atoms with Crippen LogP contribution in [0.2, 0.25) is 0 Å². The fourth-order valence-corrected chi connectivity index (χ4v) is 6.13. The number of anilines is 1. The van der Waals surface area contributed by atoms with Gasteiger partial charge in [-0.1, -0.05) is 42.8 Å². The molecule has 0 aliphatic carbocycles. The molecular weight excluding hydrogens is 394 g/mol. The molecule has 32 heavy (non-hydrogen) atoms. The molecule has 3 saturated heterocycles. The van der Waals surface area contributed by atoms with Gasteiger partial charge in [-0.05, 0) is 69.4 Å². The van der Waals surface area contributed by atoms with Gasteiger partial charge in [-0.2, -0.15) is 0 Å². The van der Waals surface area contributed by atoms with Crippen molar-refractivity contribution in [3.63, 3.8) is 0 Å². The Morgan fingerprint density at radius 2 is 1.62 bits per heavy atom. The van der Waals surface area contributed by atoms with Crippen molar-refractivity contribution in [3.8, 4) is 0 Å². The van der Waals surface area contributed by atoms with E-state index in [-0.39, 0.29) is 0 Å². The van der Waals surface area contributed by atoms with Gasteiger partial charge in [0.15, 0.2) is 0 Å². The predicted octanol–water partition coefficient (Wildman–Crippen LogP) is 3.94. The quantitative estimate of drug-likeness (QED) is 0.746. The molecule has 1 N–H and O–H groups in total. The first-order chi connectivity index (χ1) is 15.9. The molecule has 5 nitrogen and oxygen atoms in total. The first kappa shape index (κ1) is 21.9. The lowest BCUT2D eigenvalue weighted by Gasteiger charge is -2.46. The Balaban J connectivity index is 1.30. The molecule has 4 heterocycles. The van der Waals surface area contributed by atoms with Crippen LogP contribution in [0, 0.1) is 0 Å². The summed E-state index contributed by atoms with van der Waals surface area (Å²) in [6.45, 7) is 8.00. The average molecular weight is 434 g/mol. The first-order valence-corrected chi connectivity index (χ1v) is 12.8. The van der Waals surface area contributed by atoms with Crippen molar-refractivity contribution in [2.24, 2.45) is 0 Å². The number of piperazine rings is 1. The first-order valence-electron chi connectivity index (χ1n) is 12.8. The van der Waals surface area contributed by atoms with Crippen molar-refractivity contribution in [3.05, 3.63) is 60.3 Å². The average Bonchev–Trinajstić information content (AvgIpc) is 2.89. The van der Waals surface area contributed by atoms with Crippen LogP contribution >= 0.6 is 0 Å². The third-order valence-electron chi connectivity index (χ3n) is 7.86. The second-order valence-electron chi connectivity index (χ2n) is 9.74. The Morgan fingerprint density at radius 1 is 0.844 bits per heavy atom. The molecule has 0 amide bonds. The van der Waals surface area contributed by atoms with Crippen LogP contribution in [0.4, 0.5) is 5.82 Å². The number of likely N-dealkylation sites (tertiary alicyclic amines) is 1. The monoisotopic (exact) mass is 433 g/mol. The largest absolute Gasteiger partial charge is 0.354 e. The molecule has 3 aliphatic heterocycles. The zero-order chi connectivity index (χ0) is 21.6. The van der Waals surface area contributed by atoms with E-state index in [1.54, 1.807) is 0 Å². The summed E-state index contributed by atoms with van der Waals surface area (Å²) >= 11 is 0. The zero-order valence-electron chi connectivity index (χ0n) is 19.4. The number of nitrogens with one attached hydrogen (secondary N) is 1. The number of benzene rings is 1. The van der Waals surface area contributed by atoms with E-state index in [0.717, 1.165) is 38.0 Å². The molecule has 0 radical (unpaired) electrons. The minimum atomic E-state index is 0.509. The van der Waals surface area contributed by atoms with Crippen molar-refractivity contribution in [2.75, 3.05) is 50.7 Å². The fourth-order valence-electron chi connectivity index (χ4n) is 6.13. The molecule has 2 aromatic rings. The van der Waals surface area contributed by atoms with E-state index in [4.69, 9.17) is 0 Å². The van der Waals surface area contributed by atoms with E-state index in [1.165, 1.54) is 63.7 Å².